The standard InChI is InChI=1S/C48H52Se2/c1-25-19-26(2)30(6)43(29(25)5)45-35-17-15-33(47(9,10)11)21-39(35)49-41-24-38-42(23-37(41)45)50-40-22-34(48(12,13)14)16-18-36(40)46(38)44-31(7)27(3)20-28(4)32(44)8/h15-24H,1-14H3/q+2. The number of hydrogen-bond donors (Lipinski definition) is 0. The van der Waals surface area contributed by atoms with Crippen molar-refractivity contribution in [2.75, 3.05) is 0 Å². The molecule has 0 nitrogen and oxygen atoms in total. The first-order valence-electron chi connectivity index (χ1n) is 18.1. The number of rotatable bonds is 2. The molecule has 0 aliphatic carbocycles. The van der Waals surface area contributed by atoms with Crippen LogP contribution in [-0.2, 0) is 10.8 Å². The van der Waals surface area contributed by atoms with E-state index in [4.69, 9.17) is 0 Å². The monoisotopic (exact) mass is 788 g/mol. The van der Waals surface area contributed by atoms with Gasteiger partial charge in [0.15, 0.2) is 0 Å². The van der Waals surface area contributed by atoms with E-state index >= 15 is 0 Å². The van der Waals surface area contributed by atoms with Crippen LogP contribution in [0.15, 0.2) is 60.7 Å². The second-order valence-corrected chi connectivity index (χ2v) is 21.5. The van der Waals surface area contributed by atoms with E-state index in [-0.39, 0.29) is 39.8 Å². The van der Waals surface area contributed by atoms with E-state index in [1.54, 1.807) is 0 Å². The number of fused-ring (bicyclic) bond motifs is 4. The van der Waals surface area contributed by atoms with Crippen molar-refractivity contribution in [1.29, 1.82) is 0 Å². The Morgan fingerprint density at radius 2 is 0.640 bits per heavy atom. The Hall–Kier alpha value is -3.12. The second-order valence-electron chi connectivity index (χ2n) is 17.0. The molecule has 0 amide bonds. The molecule has 254 valence electrons. The van der Waals surface area contributed by atoms with E-state index in [9.17, 15) is 0 Å². The van der Waals surface area contributed by atoms with Crippen LogP contribution in [0, 0.1) is 55.4 Å². The minimum atomic E-state index is 0.102. The van der Waals surface area contributed by atoms with Crippen molar-refractivity contribution in [2.24, 2.45) is 0 Å². The van der Waals surface area contributed by atoms with E-state index in [2.05, 4.69) is 158 Å². The molecule has 0 saturated heterocycles. The fourth-order valence-electron chi connectivity index (χ4n) is 7.93. The molecule has 2 heteroatoms. The first-order chi connectivity index (χ1) is 23.4. The fraction of sp³-hybridized carbons (Fsp3) is 0.333. The van der Waals surface area contributed by atoms with Gasteiger partial charge in [0.1, 0.15) is 0 Å². The maximum atomic E-state index is 2.65. The molecule has 0 fully saturated rings. The van der Waals surface area contributed by atoms with Crippen LogP contribution < -0.4 is 0 Å². The van der Waals surface area contributed by atoms with E-state index in [0.29, 0.717) is 0 Å². The quantitative estimate of drug-likeness (QED) is 0.121. The summed E-state index contributed by atoms with van der Waals surface area (Å²) in [6, 6.07) is 24.9. The third-order valence-corrected chi connectivity index (χ3v) is 16.2. The summed E-state index contributed by atoms with van der Waals surface area (Å²) in [4.78, 5) is 0. The Bertz CT molecular complexity index is 2330. The van der Waals surface area contributed by atoms with Gasteiger partial charge in [-0.05, 0) is 0 Å². The van der Waals surface area contributed by atoms with Gasteiger partial charge in [0, 0.05) is 0 Å². The molecule has 5 aromatic carbocycles. The average Bonchev–Trinajstić information content (AvgIpc) is 3.04. The van der Waals surface area contributed by atoms with Crippen LogP contribution in [-0.4, -0.2) is 29.0 Å². The summed E-state index contributed by atoms with van der Waals surface area (Å²) in [5.74, 6) is 0. The molecule has 0 N–H and O–H groups in total. The van der Waals surface area contributed by atoms with E-state index in [0.717, 1.165) is 0 Å². The molecular weight excluding hydrogens is 734 g/mol. The summed E-state index contributed by atoms with van der Waals surface area (Å²) in [6.45, 7) is 32.6. The van der Waals surface area contributed by atoms with Gasteiger partial charge in [-0.1, -0.05) is 0 Å². The summed E-state index contributed by atoms with van der Waals surface area (Å²) >= 11 is 0.373. The maximum absolute atomic E-state index is 2.65. The topological polar surface area (TPSA) is 0 Å². The van der Waals surface area contributed by atoms with Gasteiger partial charge in [0.2, 0.25) is 0 Å². The molecule has 0 saturated carbocycles. The first kappa shape index (κ1) is 35.3. The van der Waals surface area contributed by atoms with Gasteiger partial charge >= 0.3 is 314 Å². The van der Waals surface area contributed by atoms with Gasteiger partial charge in [-0.25, -0.2) is 0 Å². The van der Waals surface area contributed by atoms with Crippen molar-refractivity contribution in [1.82, 2.24) is 0 Å². The molecule has 7 rings (SSSR count). The molecule has 0 aliphatic heterocycles. The molecule has 0 spiro atoms. The molecule has 50 heavy (non-hydrogen) atoms. The van der Waals surface area contributed by atoms with Crippen LogP contribution in [0.1, 0.15) is 97.2 Å². The molecule has 7 aromatic rings. The van der Waals surface area contributed by atoms with Crippen LogP contribution in [0.4, 0.5) is 0 Å². The molecule has 2 heterocycles. The Kier molecular flexibility index (Phi) is 8.64. The van der Waals surface area contributed by atoms with Crippen molar-refractivity contribution in [3.63, 3.8) is 0 Å². The van der Waals surface area contributed by atoms with Crippen LogP contribution in [0.2, 0.25) is 0 Å². The number of hydrogen-bond acceptors (Lipinski definition) is 0. The second kappa shape index (κ2) is 12.2. The number of benzene rings is 5. The third-order valence-electron chi connectivity index (χ3n) is 11.5. The first-order valence-corrected chi connectivity index (χ1v) is 21.5. The molecule has 0 aliphatic rings. The molecule has 0 radical (unpaired) electrons. The van der Waals surface area contributed by atoms with Crippen molar-refractivity contribution in [2.45, 2.75) is 108 Å². The molecule has 0 atom stereocenters. The van der Waals surface area contributed by atoms with Crippen LogP contribution in [0.25, 0.3) is 60.8 Å². The zero-order valence-corrected chi connectivity index (χ0v) is 36.0. The van der Waals surface area contributed by atoms with Gasteiger partial charge in [0.05, 0.1) is 0 Å². The van der Waals surface area contributed by atoms with Gasteiger partial charge in [0.25, 0.3) is 0 Å². The predicted molar refractivity (Wildman–Crippen MR) is 225 cm³/mol. The molecule has 2 aromatic heterocycles. The van der Waals surface area contributed by atoms with Gasteiger partial charge in [-0.3, -0.25) is 0 Å². The normalized spacial score (nSPS) is 12.6. The average molecular weight is 787 g/mol. The van der Waals surface area contributed by atoms with Crippen molar-refractivity contribution < 1.29 is 0 Å². The van der Waals surface area contributed by atoms with Crippen molar-refractivity contribution in [3.05, 3.63) is 116 Å². The summed E-state index contributed by atoms with van der Waals surface area (Å²) in [5, 5.41) is 5.79. The summed E-state index contributed by atoms with van der Waals surface area (Å²) < 4.78 is 6.07. The Labute approximate surface area is 312 Å². The van der Waals surface area contributed by atoms with Crippen LogP contribution >= 0.6 is 0 Å². The van der Waals surface area contributed by atoms with Gasteiger partial charge in [-0.2, -0.15) is 0 Å². The minimum absolute atomic E-state index is 0.102. The van der Waals surface area contributed by atoms with Crippen LogP contribution in [0.5, 0.6) is 0 Å². The molecule has 0 bridgehead atoms. The zero-order valence-electron chi connectivity index (χ0n) is 32.6. The Morgan fingerprint density at radius 1 is 0.340 bits per heavy atom. The van der Waals surface area contributed by atoms with E-state index in [1.807, 2.05) is 0 Å². The van der Waals surface area contributed by atoms with Gasteiger partial charge in [-0.15, -0.1) is 0 Å². The third kappa shape index (κ3) is 5.72. The van der Waals surface area contributed by atoms with Crippen LogP contribution in [0.3, 0.4) is 0 Å². The summed E-state index contributed by atoms with van der Waals surface area (Å²) in [5.41, 5.74) is 20.0. The molecule has 0 unspecified atom stereocenters. The molecular formula is C48H52Se2+2. The Morgan fingerprint density at radius 3 is 0.940 bits per heavy atom. The van der Waals surface area contributed by atoms with Gasteiger partial charge < -0.3 is 0 Å². The number of aryl methyl sites for hydroxylation is 4. The van der Waals surface area contributed by atoms with Crippen molar-refractivity contribution in [3.8, 4) is 22.3 Å². The fourth-order valence-corrected chi connectivity index (χ4v) is 12.8. The summed E-state index contributed by atoms with van der Waals surface area (Å²) in [7, 11) is 0. The summed E-state index contributed by atoms with van der Waals surface area (Å²) in [6.07, 6.45) is 0. The van der Waals surface area contributed by atoms with E-state index in [1.165, 1.54) is 116 Å². The zero-order chi connectivity index (χ0) is 36.2. The van der Waals surface area contributed by atoms with E-state index < -0.39 is 0 Å². The predicted octanol–water partition coefficient (Wildman–Crippen LogP) is 13.4. The Balaban J connectivity index is 1.74. The van der Waals surface area contributed by atoms with Crippen molar-refractivity contribution >= 4 is 67.6 Å². The SMILES string of the molecule is Cc1cc(C)c(C)c(-c2c3ccc(C(C)(C)C)cc3[se+]c3cc4c(-c5c(C)c(C)cc(C)c5C)c5ccc(C(C)(C)C)cc5[se+]c4cc23)c1C.